The van der Waals surface area contributed by atoms with Crippen LogP contribution in [-0.4, -0.2) is 139 Å². The van der Waals surface area contributed by atoms with E-state index in [4.69, 9.17) is 20.4 Å². The van der Waals surface area contributed by atoms with Crippen molar-refractivity contribution in [3.63, 3.8) is 0 Å². The molecule has 0 radical (unpaired) electrons. The van der Waals surface area contributed by atoms with E-state index in [2.05, 4.69) is 42.0 Å². The predicted octanol–water partition coefficient (Wildman–Crippen LogP) is 8.06. The second kappa shape index (κ2) is 82.9. The fourth-order valence-electron chi connectivity index (χ4n) is 9.92. The summed E-state index contributed by atoms with van der Waals surface area (Å²) < 4.78 is 0.934. The van der Waals surface area contributed by atoms with Crippen LogP contribution in [0.15, 0.2) is 0 Å². The third-order valence-electron chi connectivity index (χ3n) is 14.5. The number of aliphatic hydroxyl groups is 6. The van der Waals surface area contributed by atoms with Gasteiger partial charge in [0.15, 0.2) is 0 Å². The lowest BCUT2D eigenvalue weighted by atomic mass is 10.0. The van der Waals surface area contributed by atoms with E-state index in [1.165, 1.54) is 275 Å². The molecule has 0 saturated carbocycles. The maximum atomic E-state index is 9.76. The lowest BCUT2D eigenvalue weighted by Crippen LogP contribution is -3.13. The average molecular weight is 1260 g/mol. The minimum absolute atomic E-state index is 0. The number of nitrogens with one attached hydrogen (secondary N) is 2. The number of aliphatic hydroxyl groups excluding tert-OH is 6. The van der Waals surface area contributed by atoms with Crippen LogP contribution in [0.3, 0.4) is 0 Å². The van der Waals surface area contributed by atoms with Crippen LogP contribution in [0.4, 0.5) is 0 Å². The van der Waals surface area contributed by atoms with Crippen molar-refractivity contribution in [1.82, 2.24) is 5.32 Å². The van der Waals surface area contributed by atoms with Crippen LogP contribution in [0.2, 0.25) is 0 Å². The molecule has 456 valence electrons. The van der Waals surface area contributed by atoms with Crippen molar-refractivity contribution < 1.29 is 74.0 Å². The van der Waals surface area contributed by atoms with Gasteiger partial charge in [0.2, 0.25) is 0 Å². The van der Waals surface area contributed by atoms with Gasteiger partial charge in [-0.1, -0.05) is 275 Å². The largest absolute Gasteiger partial charge is 1.00 e. The smallest absolute Gasteiger partial charge is 0.102 e. The summed E-state index contributed by atoms with van der Waals surface area (Å²) in [6, 6.07) is 0. The van der Waals surface area contributed by atoms with Crippen LogP contribution in [0, 0.1) is 0 Å². The van der Waals surface area contributed by atoms with E-state index in [1.807, 2.05) is 6.92 Å². The van der Waals surface area contributed by atoms with Gasteiger partial charge in [0.05, 0.1) is 59.3 Å². The van der Waals surface area contributed by atoms with Gasteiger partial charge < -0.3 is 79.3 Å². The Morgan fingerprint density at radius 3 is 0.703 bits per heavy atom. The van der Waals surface area contributed by atoms with Crippen molar-refractivity contribution >= 4 is 15.9 Å². The molecule has 8 N–H and O–H groups in total. The molecule has 0 aromatic rings. The van der Waals surface area contributed by atoms with Crippen molar-refractivity contribution in [2.75, 3.05) is 104 Å². The van der Waals surface area contributed by atoms with Gasteiger partial charge in [-0.15, -0.1) is 0 Å². The summed E-state index contributed by atoms with van der Waals surface area (Å²) in [4.78, 5) is 1.34. The van der Waals surface area contributed by atoms with E-state index >= 15 is 0 Å². The van der Waals surface area contributed by atoms with E-state index in [-0.39, 0.29) is 73.6 Å². The fourth-order valence-corrected chi connectivity index (χ4v) is 9.92. The molecule has 0 atom stereocenters. The zero-order valence-electron chi connectivity index (χ0n) is 50.3. The first kappa shape index (κ1) is 86.3. The molecule has 0 spiro atoms. The highest BCUT2D eigenvalue weighted by Crippen LogP contribution is 2.18. The van der Waals surface area contributed by atoms with Gasteiger partial charge in [0, 0.05) is 18.4 Å². The van der Waals surface area contributed by atoms with E-state index < -0.39 is 0 Å². The zero-order chi connectivity index (χ0) is 53.8. The van der Waals surface area contributed by atoms with Gasteiger partial charge in [-0.2, -0.15) is 0 Å². The fraction of sp³-hybridized carbons (Fsp3) is 1.00. The average Bonchev–Trinajstić information content (AvgIpc) is 3.37. The zero-order valence-corrected chi connectivity index (χ0v) is 55.0. The monoisotopic (exact) mass is 1260 g/mol. The lowest BCUT2D eigenvalue weighted by molar-refractivity contribution is -0.929. The normalized spacial score (nSPS) is 11.0. The Morgan fingerprint density at radius 1 is 0.284 bits per heavy atom. The van der Waals surface area contributed by atoms with E-state index in [9.17, 15) is 10.2 Å². The van der Waals surface area contributed by atoms with Crippen LogP contribution >= 0.6 is 15.9 Å². The highest BCUT2D eigenvalue weighted by Gasteiger charge is 2.25. The van der Waals surface area contributed by atoms with Gasteiger partial charge in [0.25, 0.3) is 0 Å². The molecule has 9 nitrogen and oxygen atoms in total. The SMILES string of the molecule is CCBr.CCCCCCCCCCCCCCCC[N+](CCO)(CCO)CCCCCCCCCCCCCCCC.CCCCCCCCCCCCCCCC[NH+](CCO)CCO.OCCNCCO.[Br-].[Br-]. The van der Waals surface area contributed by atoms with Crippen LogP contribution in [0.25, 0.3) is 0 Å². The number of rotatable bonds is 57. The maximum Gasteiger partial charge on any atom is 0.102 e. The standard InChI is InChI=1S/C36H76NO2.C20H43NO2.C4H11NO2.C2H5Br.2BrH/c1-3-5-7-9-11-13-15-17-19-21-23-25-27-29-31-37(33-35-38,34-36-39)32-30-28-26-24-22-20-18-16-14-12-10-8-6-4-2;1-2-3-4-5-6-7-8-9-10-11-12-13-14-15-16-21(17-19-22)18-20-23;6-3-1-5-2-4-7;1-2-3;;/h38-39H,3-36H2,1-2H3;22-23H,2-20H2,1H3;5-7H,1-4H2;2H2,1H3;2*1H/q+1;;;;;/p-1. The second-order valence-electron chi connectivity index (χ2n) is 21.4. The van der Waals surface area contributed by atoms with Crippen molar-refractivity contribution in [1.29, 1.82) is 0 Å². The number of hydrogen-bond acceptors (Lipinski definition) is 7. The molecule has 0 bridgehead atoms. The van der Waals surface area contributed by atoms with Gasteiger partial charge in [-0.05, 0) is 38.5 Å². The van der Waals surface area contributed by atoms with Gasteiger partial charge in [-0.3, -0.25) is 0 Å². The summed E-state index contributed by atoms with van der Waals surface area (Å²) in [7, 11) is 0. The first-order valence-electron chi connectivity index (χ1n) is 32.0. The van der Waals surface area contributed by atoms with Gasteiger partial charge in [-0.25, -0.2) is 0 Å². The molecular weight excluding hydrogens is 1120 g/mol. The number of quaternary nitrogens is 2. The van der Waals surface area contributed by atoms with Crippen LogP contribution in [0.1, 0.15) is 297 Å². The van der Waals surface area contributed by atoms with Crippen molar-refractivity contribution in [3.05, 3.63) is 0 Å². The Balaban J connectivity index is -0.000000278. The Hall–Kier alpha value is 1.08. The highest BCUT2D eigenvalue weighted by atomic mass is 79.9. The molecular formula is C62H136Br3N3O6. The molecule has 0 fully saturated rings. The van der Waals surface area contributed by atoms with E-state index in [0.717, 1.165) is 55.6 Å². The number of alkyl halides is 1. The summed E-state index contributed by atoms with van der Waals surface area (Å²) in [6.07, 6.45) is 58.5. The molecule has 74 heavy (non-hydrogen) atoms. The third-order valence-corrected chi connectivity index (χ3v) is 14.5. The number of nitrogens with zero attached hydrogens (tertiary/aromatic N) is 1. The van der Waals surface area contributed by atoms with Crippen molar-refractivity contribution in [2.45, 2.75) is 297 Å². The number of hydrogen-bond donors (Lipinski definition) is 8. The molecule has 0 heterocycles. The molecule has 0 amide bonds. The summed E-state index contributed by atoms with van der Waals surface area (Å²) in [6.45, 7) is 17.8. The Labute approximate surface area is 493 Å². The van der Waals surface area contributed by atoms with Gasteiger partial charge >= 0.3 is 0 Å². The maximum absolute atomic E-state index is 9.76. The first-order chi connectivity index (χ1) is 35.4. The quantitative estimate of drug-likeness (QED) is 0.0175. The van der Waals surface area contributed by atoms with Crippen LogP contribution in [-0.2, 0) is 0 Å². The van der Waals surface area contributed by atoms with Crippen LogP contribution in [0.5, 0.6) is 0 Å². The van der Waals surface area contributed by atoms with Crippen molar-refractivity contribution in [2.24, 2.45) is 0 Å². The highest BCUT2D eigenvalue weighted by molar-refractivity contribution is 9.09. The second-order valence-corrected chi connectivity index (χ2v) is 22.5. The minimum Gasteiger partial charge on any atom is -1.00 e. The lowest BCUT2D eigenvalue weighted by Gasteiger charge is -2.38. The molecule has 0 saturated heterocycles. The Morgan fingerprint density at radius 2 is 0.500 bits per heavy atom. The molecule has 0 aliphatic carbocycles. The molecule has 0 unspecified atom stereocenters. The van der Waals surface area contributed by atoms with E-state index in [0.29, 0.717) is 13.1 Å². The Kier molecular flexibility index (Phi) is 96.7. The molecule has 0 aliphatic heterocycles. The van der Waals surface area contributed by atoms with Gasteiger partial charge in [0.1, 0.15) is 26.2 Å². The molecule has 0 aromatic heterocycles. The molecule has 0 aromatic carbocycles. The molecule has 0 rings (SSSR count). The van der Waals surface area contributed by atoms with Crippen molar-refractivity contribution in [3.8, 4) is 0 Å². The topological polar surface area (TPSA) is 138 Å². The summed E-state index contributed by atoms with van der Waals surface area (Å²) in [5.74, 6) is 0. The number of unbranched alkanes of at least 4 members (excludes halogenated alkanes) is 39. The predicted molar refractivity (Wildman–Crippen MR) is 321 cm³/mol. The number of halogens is 3. The van der Waals surface area contributed by atoms with Crippen LogP contribution < -0.4 is 44.2 Å². The molecule has 0 aliphatic rings. The summed E-state index contributed by atoms with van der Waals surface area (Å²) in [5, 5.41) is 57.6. The third kappa shape index (κ3) is 79.6. The van der Waals surface area contributed by atoms with E-state index in [1.54, 1.807) is 0 Å². The Bertz CT molecular complexity index is 841. The molecule has 12 heteroatoms. The summed E-state index contributed by atoms with van der Waals surface area (Å²) >= 11 is 3.15. The minimum atomic E-state index is 0. The first-order valence-corrected chi connectivity index (χ1v) is 33.1. The summed E-state index contributed by atoms with van der Waals surface area (Å²) in [5.41, 5.74) is 0.